The second kappa shape index (κ2) is 8.67. The third-order valence-corrected chi connectivity index (χ3v) is 6.76. The van der Waals surface area contributed by atoms with Crippen LogP contribution in [0.1, 0.15) is 15.9 Å². The molecule has 7 heteroatoms. The molecule has 0 atom stereocenters. The van der Waals surface area contributed by atoms with E-state index in [2.05, 4.69) is 10.3 Å². The maximum Gasteiger partial charge on any atom is 0.257 e. The van der Waals surface area contributed by atoms with Crippen LogP contribution in [0.5, 0.6) is 0 Å². The van der Waals surface area contributed by atoms with Crippen molar-refractivity contribution < 1.29 is 13.2 Å². The SMILES string of the molecule is CN(Cc1ccccc1)S(=O)(=O)c1ccc(NC(=O)c2cccc3cccnc23)cc1. The highest BCUT2D eigenvalue weighted by atomic mass is 32.2. The van der Waals surface area contributed by atoms with E-state index < -0.39 is 10.0 Å². The number of carbonyl (C=O) groups excluding carboxylic acids is 1. The van der Waals surface area contributed by atoms with Gasteiger partial charge < -0.3 is 5.32 Å². The zero-order valence-electron chi connectivity index (χ0n) is 16.9. The molecule has 0 unspecified atom stereocenters. The molecule has 0 aliphatic heterocycles. The number of amides is 1. The molecule has 0 aliphatic rings. The molecule has 1 amide bonds. The summed E-state index contributed by atoms with van der Waals surface area (Å²) in [6.07, 6.45) is 1.64. The summed E-state index contributed by atoms with van der Waals surface area (Å²) in [7, 11) is -2.11. The number of sulfonamides is 1. The Bertz CT molecular complexity index is 1320. The van der Waals surface area contributed by atoms with Crippen molar-refractivity contribution in [1.82, 2.24) is 9.29 Å². The van der Waals surface area contributed by atoms with Crippen LogP contribution in [0.25, 0.3) is 10.9 Å². The van der Waals surface area contributed by atoms with Gasteiger partial charge >= 0.3 is 0 Å². The van der Waals surface area contributed by atoms with E-state index in [1.807, 2.05) is 48.5 Å². The molecule has 6 nitrogen and oxygen atoms in total. The van der Waals surface area contributed by atoms with Crippen LogP contribution < -0.4 is 5.32 Å². The maximum absolute atomic E-state index is 12.9. The molecule has 0 saturated heterocycles. The lowest BCUT2D eigenvalue weighted by Crippen LogP contribution is -2.26. The van der Waals surface area contributed by atoms with Gasteiger partial charge in [-0.15, -0.1) is 0 Å². The van der Waals surface area contributed by atoms with E-state index in [4.69, 9.17) is 0 Å². The standard InChI is InChI=1S/C24H21N3O3S/c1-27(17-18-7-3-2-4-8-18)31(29,30)21-14-12-20(13-15-21)26-24(28)22-11-5-9-19-10-6-16-25-23(19)22/h2-16H,17H2,1H3,(H,26,28). The summed E-state index contributed by atoms with van der Waals surface area (Å²) in [5, 5.41) is 3.68. The third-order valence-electron chi connectivity index (χ3n) is 4.95. The van der Waals surface area contributed by atoms with Gasteiger partial charge in [-0.1, -0.05) is 48.5 Å². The van der Waals surface area contributed by atoms with Gasteiger partial charge in [-0.3, -0.25) is 9.78 Å². The topological polar surface area (TPSA) is 79.4 Å². The Morgan fingerprint density at radius 2 is 1.61 bits per heavy atom. The Morgan fingerprint density at radius 3 is 2.35 bits per heavy atom. The maximum atomic E-state index is 12.9. The molecule has 0 fully saturated rings. The molecule has 0 saturated carbocycles. The number of aromatic nitrogens is 1. The Hall–Kier alpha value is -3.55. The van der Waals surface area contributed by atoms with E-state index in [0.717, 1.165) is 10.9 Å². The lowest BCUT2D eigenvalue weighted by molar-refractivity contribution is 0.102. The molecule has 1 heterocycles. The van der Waals surface area contributed by atoms with E-state index >= 15 is 0 Å². The van der Waals surface area contributed by atoms with E-state index in [9.17, 15) is 13.2 Å². The number of carbonyl (C=O) groups is 1. The van der Waals surface area contributed by atoms with Gasteiger partial charge in [-0.25, -0.2) is 8.42 Å². The van der Waals surface area contributed by atoms with Gasteiger partial charge in [0, 0.05) is 30.9 Å². The van der Waals surface area contributed by atoms with E-state index in [1.165, 1.54) is 16.4 Å². The van der Waals surface area contributed by atoms with Gasteiger partial charge in [-0.05, 0) is 42.0 Å². The largest absolute Gasteiger partial charge is 0.322 e. The predicted molar refractivity (Wildman–Crippen MR) is 121 cm³/mol. The molecule has 31 heavy (non-hydrogen) atoms. The predicted octanol–water partition coefficient (Wildman–Crippen LogP) is 4.31. The molecule has 1 N–H and O–H groups in total. The van der Waals surface area contributed by atoms with Gasteiger partial charge in [0.25, 0.3) is 5.91 Å². The summed E-state index contributed by atoms with van der Waals surface area (Å²) in [5.74, 6) is -0.305. The van der Waals surface area contributed by atoms with Crippen molar-refractivity contribution >= 4 is 32.5 Å². The summed E-state index contributed by atoms with van der Waals surface area (Å²) in [5.41, 5.74) is 2.48. The quantitative estimate of drug-likeness (QED) is 0.493. The normalized spacial score (nSPS) is 11.5. The summed E-state index contributed by atoms with van der Waals surface area (Å²) >= 11 is 0. The minimum Gasteiger partial charge on any atom is -0.322 e. The molecule has 156 valence electrons. The number of fused-ring (bicyclic) bond motifs is 1. The number of rotatable bonds is 6. The van der Waals surface area contributed by atoms with Crippen molar-refractivity contribution in [3.8, 4) is 0 Å². The number of anilines is 1. The Morgan fingerprint density at radius 1 is 0.903 bits per heavy atom. The van der Waals surface area contributed by atoms with Crippen LogP contribution in [0.15, 0.2) is 96.0 Å². The molecular weight excluding hydrogens is 410 g/mol. The molecule has 3 aromatic carbocycles. The zero-order valence-corrected chi connectivity index (χ0v) is 17.7. The van der Waals surface area contributed by atoms with E-state index in [1.54, 1.807) is 37.5 Å². The number of hydrogen-bond donors (Lipinski definition) is 1. The first-order valence-electron chi connectivity index (χ1n) is 9.70. The van der Waals surface area contributed by atoms with Gasteiger partial charge in [0.15, 0.2) is 0 Å². The van der Waals surface area contributed by atoms with Gasteiger partial charge in [0.05, 0.1) is 16.0 Å². The Balaban J connectivity index is 1.50. The van der Waals surface area contributed by atoms with Gasteiger partial charge in [-0.2, -0.15) is 4.31 Å². The van der Waals surface area contributed by atoms with Crippen LogP contribution in [-0.4, -0.2) is 30.7 Å². The van der Waals surface area contributed by atoms with Crippen LogP contribution >= 0.6 is 0 Å². The van der Waals surface area contributed by atoms with E-state index in [-0.39, 0.29) is 17.3 Å². The summed E-state index contributed by atoms with van der Waals surface area (Å²) in [6, 6.07) is 24.7. The lowest BCUT2D eigenvalue weighted by atomic mass is 10.1. The molecule has 0 bridgehead atoms. The van der Waals surface area contributed by atoms with E-state index in [0.29, 0.717) is 16.8 Å². The zero-order chi connectivity index (χ0) is 21.8. The van der Waals surface area contributed by atoms with Crippen molar-refractivity contribution in [3.63, 3.8) is 0 Å². The van der Waals surface area contributed by atoms with Crippen molar-refractivity contribution in [3.05, 3.63) is 102 Å². The van der Waals surface area contributed by atoms with Crippen LogP contribution in [0.2, 0.25) is 0 Å². The molecular formula is C24H21N3O3S. The molecule has 4 rings (SSSR count). The second-order valence-corrected chi connectivity index (χ2v) is 9.15. The van der Waals surface area contributed by atoms with Crippen LogP contribution in [0, 0.1) is 0 Å². The fraction of sp³-hybridized carbons (Fsp3) is 0.0833. The molecule has 4 aromatic rings. The van der Waals surface area contributed by atoms with Crippen LogP contribution in [0.4, 0.5) is 5.69 Å². The first-order chi connectivity index (χ1) is 14.9. The van der Waals surface area contributed by atoms with Crippen molar-refractivity contribution in [2.75, 3.05) is 12.4 Å². The van der Waals surface area contributed by atoms with Crippen molar-refractivity contribution in [2.24, 2.45) is 0 Å². The number of nitrogens with zero attached hydrogens (tertiary/aromatic N) is 2. The van der Waals surface area contributed by atoms with Crippen molar-refractivity contribution in [1.29, 1.82) is 0 Å². The fourth-order valence-electron chi connectivity index (χ4n) is 3.30. The smallest absolute Gasteiger partial charge is 0.257 e. The highest BCUT2D eigenvalue weighted by Crippen LogP contribution is 2.21. The number of nitrogens with one attached hydrogen (secondary N) is 1. The molecule has 0 radical (unpaired) electrons. The third kappa shape index (κ3) is 4.47. The Kier molecular flexibility index (Phi) is 5.79. The number of hydrogen-bond acceptors (Lipinski definition) is 4. The molecule has 0 aliphatic carbocycles. The number of para-hydroxylation sites is 1. The van der Waals surface area contributed by atoms with Crippen LogP contribution in [0.3, 0.4) is 0 Å². The first-order valence-corrected chi connectivity index (χ1v) is 11.1. The fourth-order valence-corrected chi connectivity index (χ4v) is 4.46. The van der Waals surface area contributed by atoms with Crippen molar-refractivity contribution in [2.45, 2.75) is 11.4 Å². The minimum absolute atomic E-state index is 0.163. The molecule has 1 aromatic heterocycles. The average Bonchev–Trinajstić information content (AvgIpc) is 2.79. The Labute approximate surface area is 181 Å². The second-order valence-electron chi connectivity index (χ2n) is 7.11. The highest BCUT2D eigenvalue weighted by Gasteiger charge is 2.21. The summed E-state index contributed by atoms with van der Waals surface area (Å²) in [6.45, 7) is 0.274. The highest BCUT2D eigenvalue weighted by molar-refractivity contribution is 7.89. The van der Waals surface area contributed by atoms with Crippen LogP contribution in [-0.2, 0) is 16.6 Å². The summed E-state index contributed by atoms with van der Waals surface area (Å²) in [4.78, 5) is 17.2. The average molecular weight is 432 g/mol. The number of benzene rings is 3. The van der Waals surface area contributed by atoms with Gasteiger partial charge in [0.2, 0.25) is 10.0 Å². The first kappa shape index (κ1) is 20.7. The van der Waals surface area contributed by atoms with Gasteiger partial charge in [0.1, 0.15) is 0 Å². The lowest BCUT2D eigenvalue weighted by Gasteiger charge is -2.17. The number of pyridine rings is 1. The summed E-state index contributed by atoms with van der Waals surface area (Å²) < 4.78 is 27.0. The minimum atomic E-state index is -3.65. The molecule has 0 spiro atoms. The monoisotopic (exact) mass is 431 g/mol.